The fourth-order valence-electron chi connectivity index (χ4n) is 1.44. The van der Waals surface area contributed by atoms with Crippen molar-refractivity contribution in [2.24, 2.45) is 5.92 Å². The van der Waals surface area contributed by atoms with E-state index in [1.165, 1.54) is 0 Å². The van der Waals surface area contributed by atoms with E-state index in [-0.39, 0.29) is 18.6 Å². The van der Waals surface area contributed by atoms with E-state index in [2.05, 4.69) is 5.32 Å². The lowest BCUT2D eigenvalue weighted by Gasteiger charge is -2.22. The summed E-state index contributed by atoms with van der Waals surface area (Å²) in [7, 11) is 0. The lowest BCUT2D eigenvalue weighted by Crippen LogP contribution is -2.44. The molecule has 0 aromatic carbocycles. The van der Waals surface area contributed by atoms with Crippen molar-refractivity contribution in [1.82, 2.24) is 10.2 Å². The summed E-state index contributed by atoms with van der Waals surface area (Å²) in [6.45, 7) is 2.07. The maximum absolute atomic E-state index is 11.8. The van der Waals surface area contributed by atoms with Gasteiger partial charge in [0.05, 0.1) is 18.4 Å². The summed E-state index contributed by atoms with van der Waals surface area (Å²) in [5.41, 5.74) is 0. The number of carboxylic acid groups (broad SMARTS) is 1. The van der Waals surface area contributed by atoms with E-state index in [4.69, 9.17) is 10.4 Å². The number of aliphatic carboxylic acids is 1. The van der Waals surface area contributed by atoms with E-state index in [1.807, 2.05) is 6.07 Å². The van der Waals surface area contributed by atoms with Crippen molar-refractivity contribution < 1.29 is 14.7 Å². The fourth-order valence-corrected chi connectivity index (χ4v) is 1.44. The predicted molar refractivity (Wildman–Crippen MR) is 60.2 cm³/mol. The summed E-state index contributed by atoms with van der Waals surface area (Å²) >= 11 is 0. The van der Waals surface area contributed by atoms with Crippen LogP contribution in [0.3, 0.4) is 0 Å². The van der Waals surface area contributed by atoms with Gasteiger partial charge in [0, 0.05) is 19.1 Å². The second-order valence-corrected chi connectivity index (χ2v) is 4.26. The summed E-state index contributed by atoms with van der Waals surface area (Å²) in [6, 6.07) is 1.96. The maximum atomic E-state index is 11.8. The molecule has 94 valence electrons. The number of nitrogens with one attached hydrogen (secondary N) is 1. The predicted octanol–water partition coefficient (Wildman–Crippen LogP) is 0.795. The van der Waals surface area contributed by atoms with E-state index < -0.39 is 11.9 Å². The molecule has 1 aliphatic rings. The Morgan fingerprint density at radius 2 is 2.24 bits per heavy atom. The van der Waals surface area contributed by atoms with Crippen LogP contribution in [0.15, 0.2) is 0 Å². The third-order valence-electron chi connectivity index (χ3n) is 2.69. The van der Waals surface area contributed by atoms with Crippen molar-refractivity contribution in [1.29, 1.82) is 5.26 Å². The van der Waals surface area contributed by atoms with Crippen LogP contribution in [-0.2, 0) is 4.79 Å². The van der Waals surface area contributed by atoms with Gasteiger partial charge in [-0.3, -0.25) is 4.79 Å². The van der Waals surface area contributed by atoms with E-state index in [1.54, 1.807) is 11.8 Å². The average Bonchev–Trinajstić information content (AvgIpc) is 3.10. The minimum absolute atomic E-state index is 0.115. The van der Waals surface area contributed by atoms with Crippen LogP contribution in [-0.4, -0.2) is 41.1 Å². The van der Waals surface area contributed by atoms with Crippen LogP contribution < -0.4 is 5.32 Å². The summed E-state index contributed by atoms with van der Waals surface area (Å²) in [4.78, 5) is 24.0. The number of hydrogen-bond acceptors (Lipinski definition) is 3. The minimum atomic E-state index is -0.930. The number of amides is 2. The zero-order chi connectivity index (χ0) is 12.8. The maximum Gasteiger partial charge on any atom is 0.317 e. The molecule has 2 amide bonds. The molecule has 1 rings (SSSR count). The van der Waals surface area contributed by atoms with Gasteiger partial charge in [-0.2, -0.15) is 5.26 Å². The smallest absolute Gasteiger partial charge is 0.317 e. The molecule has 17 heavy (non-hydrogen) atoms. The summed E-state index contributed by atoms with van der Waals surface area (Å²) < 4.78 is 0. The second kappa shape index (κ2) is 6.09. The highest BCUT2D eigenvalue weighted by molar-refractivity contribution is 5.76. The van der Waals surface area contributed by atoms with Crippen molar-refractivity contribution in [2.45, 2.75) is 32.2 Å². The molecule has 6 nitrogen and oxygen atoms in total. The third kappa shape index (κ3) is 4.31. The van der Waals surface area contributed by atoms with E-state index in [0.717, 1.165) is 12.8 Å². The van der Waals surface area contributed by atoms with Crippen molar-refractivity contribution in [2.75, 3.05) is 13.1 Å². The van der Waals surface area contributed by atoms with E-state index >= 15 is 0 Å². The van der Waals surface area contributed by atoms with Crippen molar-refractivity contribution >= 4 is 12.0 Å². The van der Waals surface area contributed by atoms with Gasteiger partial charge < -0.3 is 15.3 Å². The molecule has 0 radical (unpaired) electrons. The Kier molecular flexibility index (Phi) is 4.76. The molecule has 1 fully saturated rings. The SMILES string of the molecule is CC(CNC(=O)N(CCC#N)C1CC1)C(=O)O. The molecule has 6 heteroatoms. The molecular weight excluding hydrogens is 222 g/mol. The summed E-state index contributed by atoms with van der Waals surface area (Å²) in [5.74, 6) is -1.53. The molecule has 0 saturated heterocycles. The Hall–Kier alpha value is -1.77. The Labute approximate surface area is 100 Å². The van der Waals surface area contributed by atoms with Gasteiger partial charge >= 0.3 is 12.0 Å². The highest BCUT2D eigenvalue weighted by Crippen LogP contribution is 2.26. The van der Waals surface area contributed by atoms with Crippen molar-refractivity contribution in [3.8, 4) is 6.07 Å². The monoisotopic (exact) mass is 239 g/mol. The van der Waals surface area contributed by atoms with Crippen molar-refractivity contribution in [3.63, 3.8) is 0 Å². The molecule has 1 aliphatic carbocycles. The van der Waals surface area contributed by atoms with E-state index in [9.17, 15) is 9.59 Å². The van der Waals surface area contributed by atoms with Gasteiger partial charge in [-0.05, 0) is 12.8 Å². The lowest BCUT2D eigenvalue weighted by atomic mass is 10.2. The van der Waals surface area contributed by atoms with Gasteiger partial charge in [0.1, 0.15) is 0 Å². The molecule has 1 atom stereocenters. The average molecular weight is 239 g/mol. The van der Waals surface area contributed by atoms with Crippen LogP contribution in [0.25, 0.3) is 0 Å². The molecule has 1 saturated carbocycles. The van der Waals surface area contributed by atoms with Gasteiger partial charge in [0.2, 0.25) is 0 Å². The number of urea groups is 1. The first-order valence-electron chi connectivity index (χ1n) is 5.70. The number of carbonyl (C=O) groups excluding carboxylic acids is 1. The molecule has 0 aromatic heterocycles. The Bertz CT molecular complexity index is 333. The van der Waals surface area contributed by atoms with Gasteiger partial charge in [0.15, 0.2) is 0 Å². The van der Waals surface area contributed by atoms with Crippen LogP contribution in [0.5, 0.6) is 0 Å². The highest BCUT2D eigenvalue weighted by Gasteiger charge is 2.32. The van der Waals surface area contributed by atoms with Crippen LogP contribution in [0.1, 0.15) is 26.2 Å². The van der Waals surface area contributed by atoms with Crippen LogP contribution >= 0.6 is 0 Å². The quantitative estimate of drug-likeness (QED) is 0.716. The second-order valence-electron chi connectivity index (χ2n) is 4.26. The zero-order valence-electron chi connectivity index (χ0n) is 9.85. The number of hydrogen-bond donors (Lipinski definition) is 2. The number of rotatable bonds is 6. The minimum Gasteiger partial charge on any atom is -0.481 e. The summed E-state index contributed by atoms with van der Waals surface area (Å²) in [5, 5.41) is 19.8. The largest absolute Gasteiger partial charge is 0.481 e. The first kappa shape index (κ1) is 13.3. The molecule has 0 heterocycles. The summed E-state index contributed by atoms with van der Waals surface area (Å²) in [6.07, 6.45) is 2.24. The van der Waals surface area contributed by atoms with Gasteiger partial charge in [-0.25, -0.2) is 4.79 Å². The first-order chi connectivity index (χ1) is 8.06. The Morgan fingerprint density at radius 1 is 1.59 bits per heavy atom. The van der Waals surface area contributed by atoms with Crippen molar-refractivity contribution in [3.05, 3.63) is 0 Å². The van der Waals surface area contributed by atoms with Gasteiger partial charge in [0.25, 0.3) is 0 Å². The molecule has 0 bridgehead atoms. The topological polar surface area (TPSA) is 93.4 Å². The number of nitrogens with zero attached hydrogens (tertiary/aromatic N) is 2. The highest BCUT2D eigenvalue weighted by atomic mass is 16.4. The molecule has 0 aromatic rings. The third-order valence-corrected chi connectivity index (χ3v) is 2.69. The molecule has 1 unspecified atom stereocenters. The Balaban J connectivity index is 2.37. The normalized spacial score (nSPS) is 15.8. The first-order valence-corrected chi connectivity index (χ1v) is 5.70. The standard InChI is InChI=1S/C11H17N3O3/c1-8(10(15)16)7-13-11(17)14(6-2-5-12)9-3-4-9/h8-9H,2-4,6-7H2,1H3,(H,13,17)(H,15,16). The Morgan fingerprint density at radius 3 is 2.71 bits per heavy atom. The molecule has 0 spiro atoms. The molecule has 2 N–H and O–H groups in total. The van der Waals surface area contributed by atoms with Gasteiger partial charge in [-0.1, -0.05) is 6.92 Å². The van der Waals surface area contributed by atoms with E-state index in [0.29, 0.717) is 13.0 Å². The zero-order valence-corrected chi connectivity index (χ0v) is 9.85. The molecular formula is C11H17N3O3. The number of nitriles is 1. The van der Waals surface area contributed by atoms with Crippen LogP contribution in [0.4, 0.5) is 4.79 Å². The lowest BCUT2D eigenvalue weighted by molar-refractivity contribution is -0.140. The number of carboxylic acids is 1. The van der Waals surface area contributed by atoms with Gasteiger partial charge in [-0.15, -0.1) is 0 Å². The number of carbonyl (C=O) groups is 2. The fraction of sp³-hybridized carbons (Fsp3) is 0.727. The van der Waals surface area contributed by atoms with Crippen LogP contribution in [0, 0.1) is 17.2 Å². The van der Waals surface area contributed by atoms with Crippen LogP contribution in [0.2, 0.25) is 0 Å². The molecule has 0 aliphatic heterocycles.